The molecule has 1 aromatic heterocycles. The average Bonchev–Trinajstić information content (AvgIpc) is 2.74. The van der Waals surface area contributed by atoms with E-state index in [4.69, 9.17) is 16.3 Å². The molecule has 0 aliphatic carbocycles. The molecule has 0 fully saturated rings. The topological polar surface area (TPSA) is 29.5 Å². The van der Waals surface area contributed by atoms with Crippen molar-refractivity contribution in [1.29, 1.82) is 0 Å². The van der Waals surface area contributed by atoms with E-state index in [1.165, 1.54) is 11.3 Å². The van der Waals surface area contributed by atoms with E-state index in [1.54, 1.807) is 19.2 Å². The van der Waals surface area contributed by atoms with E-state index in [1.807, 2.05) is 17.5 Å². The summed E-state index contributed by atoms with van der Waals surface area (Å²) in [6, 6.07) is 7.19. The van der Waals surface area contributed by atoms with Crippen molar-refractivity contribution in [3.05, 3.63) is 49.6 Å². The highest BCUT2D eigenvalue weighted by molar-refractivity contribution is 9.10. The van der Waals surface area contributed by atoms with Crippen molar-refractivity contribution in [3.8, 4) is 5.75 Å². The van der Waals surface area contributed by atoms with E-state index in [0.29, 0.717) is 10.8 Å². The molecule has 2 rings (SSSR count). The van der Waals surface area contributed by atoms with Gasteiger partial charge in [0.15, 0.2) is 0 Å². The fourth-order valence-electron chi connectivity index (χ4n) is 1.50. The van der Waals surface area contributed by atoms with Gasteiger partial charge in [0.05, 0.1) is 17.0 Å². The van der Waals surface area contributed by atoms with Crippen LogP contribution in [0.5, 0.6) is 5.75 Å². The largest absolute Gasteiger partial charge is 0.495 e. The molecule has 0 radical (unpaired) electrons. The van der Waals surface area contributed by atoms with Gasteiger partial charge in [-0.2, -0.15) is 0 Å². The summed E-state index contributed by atoms with van der Waals surface area (Å²) in [5.74, 6) is 0.605. The highest BCUT2D eigenvalue weighted by Gasteiger charge is 2.16. The van der Waals surface area contributed by atoms with Gasteiger partial charge in [-0.05, 0) is 45.1 Å². The van der Waals surface area contributed by atoms with E-state index >= 15 is 0 Å². The first kappa shape index (κ1) is 12.9. The molecule has 0 saturated carbocycles. The second-order valence-electron chi connectivity index (χ2n) is 3.43. The van der Waals surface area contributed by atoms with Gasteiger partial charge in [0, 0.05) is 4.47 Å². The van der Waals surface area contributed by atoms with Crippen LogP contribution in [0, 0.1) is 0 Å². The Labute approximate surface area is 117 Å². The van der Waals surface area contributed by atoms with E-state index < -0.39 is 6.10 Å². The maximum absolute atomic E-state index is 10.2. The molecule has 0 aliphatic rings. The molecule has 0 spiro atoms. The van der Waals surface area contributed by atoms with Crippen LogP contribution in [0.15, 0.2) is 34.1 Å². The predicted molar refractivity (Wildman–Crippen MR) is 74.1 cm³/mol. The van der Waals surface area contributed by atoms with E-state index in [2.05, 4.69) is 15.9 Å². The van der Waals surface area contributed by atoms with Crippen molar-refractivity contribution in [2.75, 3.05) is 7.11 Å². The molecule has 5 heteroatoms. The minimum absolute atomic E-state index is 0.497. The summed E-state index contributed by atoms with van der Waals surface area (Å²) >= 11 is 10.9. The number of rotatable bonds is 3. The summed E-state index contributed by atoms with van der Waals surface area (Å²) in [4.78, 5) is 0.867. The molecule has 2 nitrogen and oxygen atoms in total. The van der Waals surface area contributed by atoms with Crippen LogP contribution < -0.4 is 4.74 Å². The molecule has 1 atom stereocenters. The van der Waals surface area contributed by atoms with Gasteiger partial charge in [-0.25, -0.2) is 0 Å². The molecule has 1 N–H and O–H groups in total. The number of aliphatic hydroxyl groups excluding tert-OH is 1. The number of halogens is 2. The van der Waals surface area contributed by atoms with Gasteiger partial charge in [0.1, 0.15) is 11.9 Å². The Kier molecular flexibility index (Phi) is 4.09. The monoisotopic (exact) mass is 332 g/mol. The zero-order chi connectivity index (χ0) is 12.4. The van der Waals surface area contributed by atoms with Gasteiger partial charge >= 0.3 is 0 Å². The van der Waals surface area contributed by atoms with Gasteiger partial charge in [-0.1, -0.05) is 17.7 Å². The van der Waals surface area contributed by atoms with E-state index in [-0.39, 0.29) is 0 Å². The average molecular weight is 334 g/mol. The lowest BCUT2D eigenvalue weighted by atomic mass is 10.1. The number of hydrogen-bond acceptors (Lipinski definition) is 3. The van der Waals surface area contributed by atoms with Crippen LogP contribution in [0.1, 0.15) is 16.5 Å². The molecule has 90 valence electrons. The van der Waals surface area contributed by atoms with Gasteiger partial charge in [0.25, 0.3) is 0 Å². The summed E-state index contributed by atoms with van der Waals surface area (Å²) in [5.41, 5.74) is 0.749. The van der Waals surface area contributed by atoms with Crippen LogP contribution in [0.3, 0.4) is 0 Å². The summed E-state index contributed by atoms with van der Waals surface area (Å²) in [5, 5.41) is 12.7. The van der Waals surface area contributed by atoms with Gasteiger partial charge in [-0.3, -0.25) is 0 Å². The van der Waals surface area contributed by atoms with Gasteiger partial charge in [0.2, 0.25) is 0 Å². The third-order valence-electron chi connectivity index (χ3n) is 2.38. The maximum Gasteiger partial charge on any atom is 0.137 e. The molecule has 1 unspecified atom stereocenters. The number of ether oxygens (including phenoxy) is 1. The molecule has 1 heterocycles. The Hall–Kier alpha value is -0.550. The molecule has 17 heavy (non-hydrogen) atoms. The van der Waals surface area contributed by atoms with Crippen LogP contribution >= 0.6 is 38.9 Å². The zero-order valence-corrected chi connectivity index (χ0v) is 12.1. The second kappa shape index (κ2) is 5.40. The molecular formula is C12H10BrClO2S. The summed E-state index contributed by atoms with van der Waals surface area (Å²) in [6.45, 7) is 0. The Morgan fingerprint density at radius 2 is 2.18 bits per heavy atom. The highest BCUT2D eigenvalue weighted by atomic mass is 79.9. The fraction of sp³-hybridized carbons (Fsp3) is 0.167. The van der Waals surface area contributed by atoms with Gasteiger partial charge in [-0.15, -0.1) is 11.3 Å². The molecule has 2 aromatic rings. The standard InChI is InChI=1S/C12H10BrClO2S/c1-16-10-3-2-7(6-9(10)14)11(15)12-8(13)4-5-17-12/h2-6,11,15H,1H3. The van der Waals surface area contributed by atoms with Crippen molar-refractivity contribution in [3.63, 3.8) is 0 Å². The molecular weight excluding hydrogens is 324 g/mol. The summed E-state index contributed by atoms with van der Waals surface area (Å²) in [6.07, 6.45) is -0.673. The van der Waals surface area contributed by atoms with Crippen molar-refractivity contribution < 1.29 is 9.84 Å². The first-order valence-electron chi connectivity index (χ1n) is 4.88. The summed E-state index contributed by atoms with van der Waals surface area (Å²) < 4.78 is 5.98. The third kappa shape index (κ3) is 2.65. The van der Waals surface area contributed by atoms with Crippen molar-refractivity contribution in [1.82, 2.24) is 0 Å². The SMILES string of the molecule is COc1ccc(C(O)c2sccc2Br)cc1Cl. The third-order valence-corrected chi connectivity index (χ3v) is 4.60. The number of aliphatic hydroxyl groups is 1. The van der Waals surface area contributed by atoms with Crippen LogP contribution in [-0.2, 0) is 0 Å². The van der Waals surface area contributed by atoms with Crippen LogP contribution in [0.2, 0.25) is 5.02 Å². The molecule has 0 saturated heterocycles. The van der Waals surface area contributed by atoms with E-state index in [0.717, 1.165) is 14.9 Å². The molecule has 1 aromatic carbocycles. The minimum Gasteiger partial charge on any atom is -0.495 e. The van der Waals surface area contributed by atoms with E-state index in [9.17, 15) is 5.11 Å². The molecule has 0 amide bonds. The fourth-order valence-corrected chi connectivity index (χ4v) is 3.37. The predicted octanol–water partition coefficient (Wildman–Crippen LogP) is 4.25. The van der Waals surface area contributed by atoms with Gasteiger partial charge < -0.3 is 9.84 Å². The van der Waals surface area contributed by atoms with Crippen molar-refractivity contribution in [2.45, 2.75) is 6.10 Å². The molecule has 0 bridgehead atoms. The normalized spacial score (nSPS) is 12.5. The van der Waals surface area contributed by atoms with Crippen LogP contribution in [-0.4, -0.2) is 12.2 Å². The van der Waals surface area contributed by atoms with Crippen LogP contribution in [0.4, 0.5) is 0 Å². The number of methoxy groups -OCH3 is 1. The minimum atomic E-state index is -0.673. The first-order valence-corrected chi connectivity index (χ1v) is 6.93. The zero-order valence-electron chi connectivity index (χ0n) is 8.98. The Morgan fingerprint density at radius 1 is 1.41 bits per heavy atom. The number of thiophene rings is 1. The quantitative estimate of drug-likeness (QED) is 0.909. The van der Waals surface area contributed by atoms with Crippen molar-refractivity contribution >= 4 is 38.9 Å². The smallest absolute Gasteiger partial charge is 0.137 e. The maximum atomic E-state index is 10.2. The number of benzene rings is 1. The lowest BCUT2D eigenvalue weighted by Gasteiger charge is -2.11. The Bertz CT molecular complexity index is 527. The first-order chi connectivity index (χ1) is 8.13. The summed E-state index contributed by atoms with van der Waals surface area (Å²) in [7, 11) is 1.56. The number of hydrogen-bond donors (Lipinski definition) is 1. The lowest BCUT2D eigenvalue weighted by Crippen LogP contribution is -1.98. The Balaban J connectivity index is 2.35. The van der Waals surface area contributed by atoms with Crippen LogP contribution in [0.25, 0.3) is 0 Å². The second-order valence-corrected chi connectivity index (χ2v) is 5.64. The van der Waals surface area contributed by atoms with Crippen molar-refractivity contribution in [2.24, 2.45) is 0 Å². The molecule has 0 aliphatic heterocycles. The lowest BCUT2D eigenvalue weighted by molar-refractivity contribution is 0.223. The Morgan fingerprint density at radius 3 is 2.71 bits per heavy atom. The highest BCUT2D eigenvalue weighted by Crippen LogP contribution is 2.35.